The molecular formula is C11H12N2O2. The largest absolute Gasteiger partial charge is 0.478 e. The molecule has 0 atom stereocenters. The molecule has 2 N–H and O–H groups in total. The zero-order valence-electron chi connectivity index (χ0n) is 8.61. The molecule has 15 heavy (non-hydrogen) atoms. The van der Waals surface area contributed by atoms with E-state index in [9.17, 15) is 4.79 Å². The lowest BCUT2D eigenvalue weighted by molar-refractivity contribution is 0.0699. The van der Waals surface area contributed by atoms with Crippen molar-refractivity contribution >= 4 is 17.0 Å². The third-order valence-electron chi connectivity index (χ3n) is 2.37. The third-order valence-corrected chi connectivity index (χ3v) is 2.37. The Balaban J connectivity index is 2.66. The number of carboxylic acid groups (broad SMARTS) is 1. The Bertz CT molecular complexity index is 514. The summed E-state index contributed by atoms with van der Waals surface area (Å²) in [5.74, 6) is -0.652. The van der Waals surface area contributed by atoms with Gasteiger partial charge in [0.1, 0.15) is 11.1 Å². The van der Waals surface area contributed by atoms with Gasteiger partial charge in [0.25, 0.3) is 0 Å². The van der Waals surface area contributed by atoms with Crippen LogP contribution in [0.3, 0.4) is 0 Å². The number of rotatable bonds is 2. The number of nitrogens with one attached hydrogen (secondary N) is 1. The van der Waals surface area contributed by atoms with Crippen molar-refractivity contribution in [2.45, 2.75) is 19.8 Å². The highest BCUT2D eigenvalue weighted by Crippen LogP contribution is 2.19. The first kappa shape index (κ1) is 9.71. The molecule has 0 fully saturated rings. The molecule has 2 heterocycles. The summed E-state index contributed by atoms with van der Waals surface area (Å²) < 4.78 is 0. The maximum atomic E-state index is 10.9. The van der Waals surface area contributed by atoms with E-state index in [1.54, 1.807) is 0 Å². The van der Waals surface area contributed by atoms with E-state index >= 15 is 0 Å². The first-order valence-electron chi connectivity index (χ1n) is 4.81. The molecule has 0 aliphatic carbocycles. The Morgan fingerprint density at radius 1 is 1.47 bits per heavy atom. The van der Waals surface area contributed by atoms with Crippen molar-refractivity contribution in [1.82, 2.24) is 9.97 Å². The summed E-state index contributed by atoms with van der Waals surface area (Å²) in [6.07, 6.45) is 1.48. The van der Waals surface area contributed by atoms with Crippen molar-refractivity contribution in [1.29, 1.82) is 0 Å². The molecule has 4 nitrogen and oxygen atoms in total. The molecule has 0 aliphatic rings. The normalized spacial score (nSPS) is 11.1. The molecule has 0 spiro atoms. The number of hydrogen-bond donors (Lipinski definition) is 2. The van der Waals surface area contributed by atoms with Gasteiger partial charge in [0.05, 0.1) is 5.52 Å². The highest BCUT2D eigenvalue weighted by molar-refractivity contribution is 6.01. The lowest BCUT2D eigenvalue weighted by Crippen LogP contribution is -1.97. The van der Waals surface area contributed by atoms with Crippen LogP contribution in [0.5, 0.6) is 0 Å². The van der Waals surface area contributed by atoms with Gasteiger partial charge in [0.2, 0.25) is 0 Å². The summed E-state index contributed by atoms with van der Waals surface area (Å²) in [5, 5.41) is 8.94. The average molecular weight is 204 g/mol. The Labute approximate surface area is 87.0 Å². The molecule has 4 heteroatoms. The van der Waals surface area contributed by atoms with Crippen molar-refractivity contribution < 1.29 is 9.90 Å². The van der Waals surface area contributed by atoms with Crippen LogP contribution in [0.15, 0.2) is 18.3 Å². The minimum absolute atomic E-state index is 0.229. The van der Waals surface area contributed by atoms with Gasteiger partial charge in [-0.15, -0.1) is 0 Å². The van der Waals surface area contributed by atoms with Gasteiger partial charge in [-0.1, -0.05) is 13.8 Å². The first-order valence-corrected chi connectivity index (χ1v) is 4.81. The monoisotopic (exact) mass is 204 g/mol. The molecular weight excluding hydrogens is 192 g/mol. The minimum Gasteiger partial charge on any atom is -0.478 e. The van der Waals surface area contributed by atoms with Gasteiger partial charge in [0.15, 0.2) is 0 Å². The van der Waals surface area contributed by atoms with Crippen LogP contribution in [-0.2, 0) is 0 Å². The van der Waals surface area contributed by atoms with Crippen LogP contribution < -0.4 is 0 Å². The molecule has 0 bridgehead atoms. The van der Waals surface area contributed by atoms with Crippen molar-refractivity contribution in [3.8, 4) is 0 Å². The number of aromatic carboxylic acids is 1. The molecule has 0 aromatic carbocycles. The van der Waals surface area contributed by atoms with Crippen LogP contribution in [-0.4, -0.2) is 21.0 Å². The molecule has 2 aromatic heterocycles. The SMILES string of the molecule is CC(C)c1ccc2[nH]cc(C(=O)O)c2n1. The van der Waals surface area contributed by atoms with Gasteiger partial charge in [-0.25, -0.2) is 4.79 Å². The number of fused-ring (bicyclic) bond motifs is 1. The van der Waals surface area contributed by atoms with E-state index < -0.39 is 5.97 Å². The van der Waals surface area contributed by atoms with Crippen molar-refractivity contribution in [2.24, 2.45) is 0 Å². The molecule has 0 unspecified atom stereocenters. The summed E-state index contributed by atoms with van der Waals surface area (Å²) >= 11 is 0. The number of carbonyl (C=O) groups is 1. The second-order valence-electron chi connectivity index (χ2n) is 3.79. The maximum absolute atomic E-state index is 10.9. The minimum atomic E-state index is -0.949. The van der Waals surface area contributed by atoms with Gasteiger partial charge < -0.3 is 10.1 Å². The van der Waals surface area contributed by atoms with E-state index in [4.69, 9.17) is 5.11 Å². The fraction of sp³-hybridized carbons (Fsp3) is 0.273. The quantitative estimate of drug-likeness (QED) is 0.789. The molecule has 0 amide bonds. The van der Waals surface area contributed by atoms with E-state index in [0.717, 1.165) is 11.2 Å². The van der Waals surface area contributed by atoms with Crippen LogP contribution in [0, 0.1) is 0 Å². The van der Waals surface area contributed by atoms with Gasteiger partial charge in [-0.3, -0.25) is 4.98 Å². The van der Waals surface area contributed by atoms with Crippen molar-refractivity contribution in [3.63, 3.8) is 0 Å². The number of nitrogens with zero attached hydrogens (tertiary/aromatic N) is 1. The Morgan fingerprint density at radius 2 is 2.20 bits per heavy atom. The third kappa shape index (κ3) is 1.58. The fourth-order valence-corrected chi connectivity index (χ4v) is 1.50. The maximum Gasteiger partial charge on any atom is 0.339 e. The molecule has 2 aromatic rings. The lowest BCUT2D eigenvalue weighted by atomic mass is 10.1. The van der Waals surface area contributed by atoms with Crippen molar-refractivity contribution in [3.05, 3.63) is 29.6 Å². The number of carboxylic acids is 1. The van der Waals surface area contributed by atoms with E-state index in [1.165, 1.54) is 6.20 Å². The van der Waals surface area contributed by atoms with E-state index in [0.29, 0.717) is 11.4 Å². The van der Waals surface area contributed by atoms with Crippen molar-refractivity contribution in [2.75, 3.05) is 0 Å². The van der Waals surface area contributed by atoms with E-state index in [2.05, 4.69) is 9.97 Å². The molecule has 0 aliphatic heterocycles. The van der Waals surface area contributed by atoms with Crippen LogP contribution in [0.1, 0.15) is 35.8 Å². The highest BCUT2D eigenvalue weighted by atomic mass is 16.4. The molecule has 2 rings (SSSR count). The highest BCUT2D eigenvalue weighted by Gasteiger charge is 2.12. The van der Waals surface area contributed by atoms with Crippen LogP contribution in [0.4, 0.5) is 0 Å². The molecule has 0 saturated carbocycles. The Morgan fingerprint density at radius 3 is 2.80 bits per heavy atom. The van der Waals surface area contributed by atoms with E-state index in [-0.39, 0.29) is 5.56 Å². The van der Waals surface area contributed by atoms with Gasteiger partial charge in [0, 0.05) is 11.9 Å². The molecule has 0 radical (unpaired) electrons. The fourth-order valence-electron chi connectivity index (χ4n) is 1.50. The average Bonchev–Trinajstić information content (AvgIpc) is 2.59. The van der Waals surface area contributed by atoms with Crippen LogP contribution >= 0.6 is 0 Å². The molecule has 0 saturated heterocycles. The first-order chi connectivity index (χ1) is 7.09. The lowest BCUT2D eigenvalue weighted by Gasteiger charge is -2.03. The summed E-state index contributed by atoms with van der Waals surface area (Å²) in [4.78, 5) is 18.1. The Kier molecular flexibility index (Phi) is 2.19. The summed E-state index contributed by atoms with van der Waals surface area (Å²) in [6, 6.07) is 3.78. The van der Waals surface area contributed by atoms with Crippen LogP contribution in [0.2, 0.25) is 0 Å². The topological polar surface area (TPSA) is 66.0 Å². The second kappa shape index (κ2) is 3.38. The van der Waals surface area contributed by atoms with E-state index in [1.807, 2.05) is 26.0 Å². The predicted molar refractivity (Wildman–Crippen MR) is 57.1 cm³/mol. The number of aromatic nitrogens is 2. The summed E-state index contributed by atoms with van der Waals surface area (Å²) in [5.41, 5.74) is 2.43. The number of aromatic amines is 1. The summed E-state index contributed by atoms with van der Waals surface area (Å²) in [7, 11) is 0. The smallest absolute Gasteiger partial charge is 0.339 e. The number of H-pyrrole nitrogens is 1. The standard InChI is InChI=1S/C11H12N2O2/c1-6(2)8-3-4-9-10(13-8)7(5-12-9)11(14)15/h3-6,12H,1-2H3,(H,14,15). The van der Waals surface area contributed by atoms with Crippen LogP contribution in [0.25, 0.3) is 11.0 Å². The van der Waals surface area contributed by atoms with Gasteiger partial charge >= 0.3 is 5.97 Å². The predicted octanol–water partition coefficient (Wildman–Crippen LogP) is 2.38. The zero-order chi connectivity index (χ0) is 11.0. The van der Waals surface area contributed by atoms with Gasteiger partial charge in [-0.2, -0.15) is 0 Å². The summed E-state index contributed by atoms with van der Waals surface area (Å²) in [6.45, 7) is 4.06. The second-order valence-corrected chi connectivity index (χ2v) is 3.79. The number of pyridine rings is 1. The molecule has 78 valence electrons. The number of hydrogen-bond acceptors (Lipinski definition) is 2. The Hall–Kier alpha value is -1.84. The zero-order valence-corrected chi connectivity index (χ0v) is 8.61. The van der Waals surface area contributed by atoms with Gasteiger partial charge in [-0.05, 0) is 18.1 Å².